The van der Waals surface area contributed by atoms with Crippen LogP contribution in [-0.4, -0.2) is 25.8 Å². The number of benzene rings is 1. The normalized spacial score (nSPS) is 10.3. The van der Waals surface area contributed by atoms with Gasteiger partial charge in [-0.15, -0.1) is 0 Å². The molecule has 0 radical (unpaired) electrons. The summed E-state index contributed by atoms with van der Waals surface area (Å²) in [5.41, 5.74) is 0.964. The van der Waals surface area contributed by atoms with Crippen LogP contribution >= 0.6 is 0 Å². The molecule has 0 N–H and O–H groups in total. The van der Waals surface area contributed by atoms with Crippen LogP contribution in [0.3, 0.4) is 0 Å². The van der Waals surface area contributed by atoms with E-state index in [1.54, 1.807) is 6.92 Å². The van der Waals surface area contributed by atoms with E-state index in [0.29, 0.717) is 24.3 Å². The van der Waals surface area contributed by atoms with Crippen LogP contribution < -0.4 is 0 Å². The van der Waals surface area contributed by atoms with Gasteiger partial charge in [-0.3, -0.25) is 0 Å². The third kappa shape index (κ3) is 4.53. The lowest BCUT2D eigenvalue weighted by molar-refractivity contribution is 0.0318. The molecule has 0 saturated heterocycles. The summed E-state index contributed by atoms with van der Waals surface area (Å²) in [6.07, 6.45) is 0.936. The van der Waals surface area contributed by atoms with Gasteiger partial charge in [-0.1, -0.05) is 6.92 Å². The summed E-state index contributed by atoms with van der Waals surface area (Å²) in [5, 5.41) is 0. The smallest absolute Gasteiger partial charge is 0.338 e. The first-order chi connectivity index (χ1) is 8.15. The highest BCUT2D eigenvalue weighted by atomic mass is 19.1. The lowest BCUT2D eigenvalue weighted by Gasteiger charge is -2.07. The fourth-order valence-electron chi connectivity index (χ4n) is 1.37. The molecule has 0 unspecified atom stereocenters. The summed E-state index contributed by atoms with van der Waals surface area (Å²) in [7, 11) is 0. The predicted molar refractivity (Wildman–Crippen MR) is 62.5 cm³/mol. The highest BCUT2D eigenvalue weighted by molar-refractivity contribution is 5.90. The molecule has 17 heavy (non-hydrogen) atoms. The van der Waals surface area contributed by atoms with Crippen molar-refractivity contribution < 1.29 is 18.7 Å². The molecule has 1 rings (SSSR count). The summed E-state index contributed by atoms with van der Waals surface area (Å²) in [5.74, 6) is -0.798. The van der Waals surface area contributed by atoms with Gasteiger partial charge in [0.05, 0.1) is 12.2 Å². The predicted octanol–water partition coefficient (Wildman–Crippen LogP) is 2.72. The number of carbonyl (C=O) groups is 1. The second kappa shape index (κ2) is 7.01. The molecule has 0 spiro atoms. The Hall–Kier alpha value is -1.42. The number of hydrogen-bond acceptors (Lipinski definition) is 3. The van der Waals surface area contributed by atoms with Crippen LogP contribution in [-0.2, 0) is 9.47 Å². The fourth-order valence-corrected chi connectivity index (χ4v) is 1.37. The summed E-state index contributed by atoms with van der Waals surface area (Å²) < 4.78 is 23.0. The molecule has 0 saturated carbocycles. The van der Waals surface area contributed by atoms with Crippen LogP contribution in [0.1, 0.15) is 29.3 Å². The van der Waals surface area contributed by atoms with Gasteiger partial charge in [0, 0.05) is 6.61 Å². The lowest BCUT2D eigenvalue weighted by Crippen LogP contribution is -2.12. The maximum atomic E-state index is 12.8. The molecule has 1 aromatic carbocycles. The molecule has 0 fully saturated rings. The second-order valence-corrected chi connectivity index (χ2v) is 3.71. The molecular formula is C13H17FO3. The van der Waals surface area contributed by atoms with Gasteiger partial charge in [-0.25, -0.2) is 9.18 Å². The first kappa shape index (κ1) is 13.6. The van der Waals surface area contributed by atoms with Gasteiger partial charge < -0.3 is 9.47 Å². The van der Waals surface area contributed by atoms with E-state index in [1.807, 2.05) is 6.92 Å². The van der Waals surface area contributed by atoms with Crippen molar-refractivity contribution >= 4 is 5.97 Å². The minimum atomic E-state index is -0.442. The second-order valence-electron chi connectivity index (χ2n) is 3.71. The molecule has 0 bridgehead atoms. The van der Waals surface area contributed by atoms with Crippen molar-refractivity contribution in [2.75, 3.05) is 19.8 Å². The van der Waals surface area contributed by atoms with Gasteiger partial charge in [0.2, 0.25) is 0 Å². The number of esters is 1. The Balaban J connectivity index is 2.42. The van der Waals surface area contributed by atoms with Gasteiger partial charge >= 0.3 is 5.97 Å². The number of halogens is 1. The molecule has 94 valence electrons. The standard InChI is InChI=1S/C13H17FO3/c1-3-6-16-7-8-17-13(15)12-5-4-11(14)9-10(12)2/h4-5,9H,3,6-8H2,1-2H3. The molecule has 0 aromatic heterocycles. The van der Waals surface area contributed by atoms with Crippen molar-refractivity contribution in [1.82, 2.24) is 0 Å². The SMILES string of the molecule is CCCOCCOC(=O)c1ccc(F)cc1C. The minimum absolute atomic E-state index is 0.218. The van der Waals surface area contributed by atoms with Gasteiger partial charge in [0.1, 0.15) is 12.4 Å². The number of rotatable bonds is 6. The van der Waals surface area contributed by atoms with Crippen molar-refractivity contribution in [2.24, 2.45) is 0 Å². The van der Waals surface area contributed by atoms with Crippen molar-refractivity contribution in [3.8, 4) is 0 Å². The number of hydrogen-bond donors (Lipinski definition) is 0. The topological polar surface area (TPSA) is 35.5 Å². The van der Waals surface area contributed by atoms with E-state index in [-0.39, 0.29) is 12.4 Å². The molecule has 0 aliphatic heterocycles. The van der Waals surface area contributed by atoms with E-state index in [9.17, 15) is 9.18 Å². The van der Waals surface area contributed by atoms with E-state index in [1.165, 1.54) is 18.2 Å². The lowest BCUT2D eigenvalue weighted by atomic mass is 10.1. The first-order valence-corrected chi connectivity index (χ1v) is 5.66. The zero-order valence-electron chi connectivity index (χ0n) is 10.2. The zero-order valence-corrected chi connectivity index (χ0v) is 10.2. The van der Waals surface area contributed by atoms with Crippen LogP contribution in [0.2, 0.25) is 0 Å². The summed E-state index contributed by atoms with van der Waals surface area (Å²) in [6, 6.07) is 3.99. The summed E-state index contributed by atoms with van der Waals surface area (Å²) in [4.78, 5) is 11.6. The van der Waals surface area contributed by atoms with Crippen LogP contribution in [0.15, 0.2) is 18.2 Å². The molecule has 0 amide bonds. The van der Waals surface area contributed by atoms with E-state index in [2.05, 4.69) is 0 Å². The van der Waals surface area contributed by atoms with E-state index in [0.717, 1.165) is 6.42 Å². The molecule has 0 aliphatic rings. The van der Waals surface area contributed by atoms with Crippen molar-refractivity contribution in [3.05, 3.63) is 35.1 Å². The van der Waals surface area contributed by atoms with Gasteiger partial charge in [0.25, 0.3) is 0 Å². The van der Waals surface area contributed by atoms with Crippen LogP contribution in [0.4, 0.5) is 4.39 Å². The average molecular weight is 240 g/mol. The largest absolute Gasteiger partial charge is 0.460 e. The maximum absolute atomic E-state index is 12.8. The van der Waals surface area contributed by atoms with Gasteiger partial charge in [-0.05, 0) is 37.1 Å². The molecule has 0 aliphatic carbocycles. The van der Waals surface area contributed by atoms with Crippen LogP contribution in [0.25, 0.3) is 0 Å². The number of ether oxygens (including phenoxy) is 2. The van der Waals surface area contributed by atoms with Crippen LogP contribution in [0.5, 0.6) is 0 Å². The highest BCUT2D eigenvalue weighted by Gasteiger charge is 2.10. The Morgan fingerprint density at radius 3 is 2.71 bits per heavy atom. The zero-order chi connectivity index (χ0) is 12.7. The Kier molecular flexibility index (Phi) is 5.63. The maximum Gasteiger partial charge on any atom is 0.338 e. The Morgan fingerprint density at radius 2 is 2.06 bits per heavy atom. The fraction of sp³-hybridized carbons (Fsp3) is 0.462. The highest BCUT2D eigenvalue weighted by Crippen LogP contribution is 2.11. The Morgan fingerprint density at radius 1 is 1.29 bits per heavy atom. The molecular weight excluding hydrogens is 223 g/mol. The third-order valence-corrected chi connectivity index (χ3v) is 2.22. The van der Waals surface area contributed by atoms with Crippen molar-refractivity contribution in [1.29, 1.82) is 0 Å². The van der Waals surface area contributed by atoms with Gasteiger partial charge in [-0.2, -0.15) is 0 Å². The van der Waals surface area contributed by atoms with Crippen LogP contribution in [0, 0.1) is 12.7 Å². The van der Waals surface area contributed by atoms with Crippen molar-refractivity contribution in [2.45, 2.75) is 20.3 Å². The van der Waals surface area contributed by atoms with E-state index in [4.69, 9.17) is 9.47 Å². The molecule has 4 heteroatoms. The summed E-state index contributed by atoms with van der Waals surface area (Å²) >= 11 is 0. The Bertz CT molecular complexity index is 377. The average Bonchev–Trinajstić information content (AvgIpc) is 2.28. The molecule has 0 atom stereocenters. The van der Waals surface area contributed by atoms with Crippen molar-refractivity contribution in [3.63, 3.8) is 0 Å². The number of carbonyl (C=O) groups excluding carboxylic acids is 1. The summed E-state index contributed by atoms with van der Waals surface area (Å²) in [6.45, 7) is 4.95. The quantitative estimate of drug-likeness (QED) is 0.566. The Labute approximate surface area is 101 Å². The van der Waals surface area contributed by atoms with Gasteiger partial charge in [0.15, 0.2) is 0 Å². The van der Waals surface area contributed by atoms with E-state index >= 15 is 0 Å². The van der Waals surface area contributed by atoms with E-state index < -0.39 is 5.97 Å². The molecule has 1 aromatic rings. The number of aryl methyl sites for hydroxylation is 1. The molecule has 0 heterocycles. The monoisotopic (exact) mass is 240 g/mol. The third-order valence-electron chi connectivity index (χ3n) is 2.22. The molecule has 3 nitrogen and oxygen atoms in total. The minimum Gasteiger partial charge on any atom is -0.460 e. The first-order valence-electron chi connectivity index (χ1n) is 5.66.